The van der Waals surface area contributed by atoms with Gasteiger partial charge in [-0.05, 0) is 24.4 Å². The van der Waals surface area contributed by atoms with E-state index >= 15 is 0 Å². The molecule has 1 aromatic carbocycles. The second-order valence-electron chi connectivity index (χ2n) is 3.69. The molecule has 4 heteroatoms. The van der Waals surface area contributed by atoms with Crippen molar-refractivity contribution in [2.24, 2.45) is 0 Å². The molecule has 0 saturated carbocycles. The summed E-state index contributed by atoms with van der Waals surface area (Å²) in [5.74, 6) is -0.564. The maximum absolute atomic E-state index is 11.4. The maximum atomic E-state index is 11.4. The Morgan fingerprint density at radius 3 is 2.76 bits per heavy atom. The minimum Gasteiger partial charge on any atom is -0.406 e. The molecule has 2 aromatic rings. The minimum atomic E-state index is -0.582. The van der Waals surface area contributed by atoms with Crippen molar-refractivity contribution in [2.75, 3.05) is 0 Å². The quantitative estimate of drug-likeness (QED) is 0.597. The standard InChI is InChI=1S/C13H11NO3/c1-9(15)8-12(16)17-13-11-5-3-2-4-10(11)6-7-14-13/h2-7H,8H2,1H3. The van der Waals surface area contributed by atoms with Gasteiger partial charge in [0, 0.05) is 11.6 Å². The molecule has 0 saturated heterocycles. The van der Waals surface area contributed by atoms with Crippen LogP contribution in [0, 0.1) is 0 Å². The molecule has 0 atom stereocenters. The van der Waals surface area contributed by atoms with Gasteiger partial charge in [-0.25, -0.2) is 4.98 Å². The van der Waals surface area contributed by atoms with Crippen molar-refractivity contribution in [3.8, 4) is 5.88 Å². The van der Waals surface area contributed by atoms with Gasteiger partial charge in [0.15, 0.2) is 0 Å². The fourth-order valence-corrected chi connectivity index (χ4v) is 1.52. The number of hydrogen-bond acceptors (Lipinski definition) is 4. The summed E-state index contributed by atoms with van der Waals surface area (Å²) in [4.78, 5) is 26.2. The second kappa shape index (κ2) is 4.74. The number of Topliss-reactive ketones (excluding diaryl/α,β-unsaturated/α-hetero) is 1. The van der Waals surface area contributed by atoms with Crippen molar-refractivity contribution in [3.05, 3.63) is 36.5 Å². The van der Waals surface area contributed by atoms with E-state index in [0.717, 1.165) is 10.8 Å². The topological polar surface area (TPSA) is 56.3 Å². The molecule has 0 aliphatic carbocycles. The van der Waals surface area contributed by atoms with Gasteiger partial charge in [0.2, 0.25) is 5.88 Å². The Balaban J connectivity index is 2.30. The number of carbonyl (C=O) groups is 2. The third-order valence-corrected chi connectivity index (χ3v) is 2.24. The molecule has 1 aromatic heterocycles. The highest BCUT2D eigenvalue weighted by molar-refractivity contribution is 5.96. The first-order valence-electron chi connectivity index (χ1n) is 5.20. The molecule has 0 spiro atoms. The van der Waals surface area contributed by atoms with Gasteiger partial charge in [-0.15, -0.1) is 0 Å². The lowest BCUT2D eigenvalue weighted by Gasteiger charge is -2.05. The van der Waals surface area contributed by atoms with Gasteiger partial charge in [0.1, 0.15) is 12.2 Å². The van der Waals surface area contributed by atoms with Crippen LogP contribution in [-0.2, 0) is 9.59 Å². The van der Waals surface area contributed by atoms with Crippen LogP contribution in [0.3, 0.4) is 0 Å². The van der Waals surface area contributed by atoms with Crippen LogP contribution in [0.5, 0.6) is 5.88 Å². The fourth-order valence-electron chi connectivity index (χ4n) is 1.52. The summed E-state index contributed by atoms with van der Waals surface area (Å²) in [6.07, 6.45) is 1.34. The summed E-state index contributed by atoms with van der Waals surface area (Å²) in [6.45, 7) is 1.35. The van der Waals surface area contributed by atoms with Crippen molar-refractivity contribution in [2.45, 2.75) is 13.3 Å². The van der Waals surface area contributed by atoms with Gasteiger partial charge in [0.25, 0.3) is 0 Å². The number of ether oxygens (including phenoxy) is 1. The lowest BCUT2D eigenvalue weighted by atomic mass is 10.2. The van der Waals surface area contributed by atoms with Crippen LogP contribution < -0.4 is 4.74 Å². The van der Waals surface area contributed by atoms with E-state index in [4.69, 9.17) is 4.74 Å². The van der Waals surface area contributed by atoms with Crippen molar-refractivity contribution in [1.29, 1.82) is 0 Å². The molecule has 0 aliphatic heterocycles. The van der Waals surface area contributed by atoms with E-state index in [1.165, 1.54) is 6.92 Å². The van der Waals surface area contributed by atoms with E-state index in [1.54, 1.807) is 6.20 Å². The lowest BCUT2D eigenvalue weighted by molar-refractivity contribution is -0.137. The first-order valence-corrected chi connectivity index (χ1v) is 5.20. The van der Waals surface area contributed by atoms with Crippen LogP contribution in [0.15, 0.2) is 36.5 Å². The van der Waals surface area contributed by atoms with E-state index in [0.29, 0.717) is 0 Å². The molecule has 0 unspecified atom stereocenters. The molecule has 2 rings (SSSR count). The summed E-state index contributed by atoms with van der Waals surface area (Å²) in [6, 6.07) is 9.28. The summed E-state index contributed by atoms with van der Waals surface area (Å²) in [5.41, 5.74) is 0. The molecule has 0 amide bonds. The third kappa shape index (κ3) is 2.66. The van der Waals surface area contributed by atoms with Gasteiger partial charge in [0.05, 0.1) is 0 Å². The van der Waals surface area contributed by atoms with Crippen LogP contribution in [-0.4, -0.2) is 16.7 Å². The smallest absolute Gasteiger partial charge is 0.320 e. The number of aromatic nitrogens is 1. The van der Waals surface area contributed by atoms with E-state index < -0.39 is 5.97 Å². The summed E-state index contributed by atoms with van der Waals surface area (Å²) < 4.78 is 5.07. The Hall–Kier alpha value is -2.23. The Morgan fingerprint density at radius 2 is 2.00 bits per heavy atom. The number of carbonyl (C=O) groups excluding carboxylic acids is 2. The number of pyridine rings is 1. The number of esters is 1. The molecule has 17 heavy (non-hydrogen) atoms. The zero-order valence-corrected chi connectivity index (χ0v) is 9.34. The third-order valence-electron chi connectivity index (χ3n) is 2.24. The highest BCUT2D eigenvalue weighted by atomic mass is 16.5. The van der Waals surface area contributed by atoms with Gasteiger partial charge >= 0.3 is 5.97 Å². The average molecular weight is 229 g/mol. The molecule has 4 nitrogen and oxygen atoms in total. The molecule has 1 heterocycles. The fraction of sp³-hybridized carbons (Fsp3) is 0.154. The van der Waals surface area contributed by atoms with E-state index in [2.05, 4.69) is 4.98 Å². The Bertz CT molecular complexity index is 572. The molecule has 0 bridgehead atoms. The summed E-state index contributed by atoms with van der Waals surface area (Å²) >= 11 is 0. The zero-order valence-electron chi connectivity index (χ0n) is 9.34. The van der Waals surface area contributed by atoms with Crippen molar-refractivity contribution < 1.29 is 14.3 Å². The maximum Gasteiger partial charge on any atom is 0.320 e. The molecule has 0 radical (unpaired) electrons. The lowest BCUT2D eigenvalue weighted by Crippen LogP contribution is -2.12. The SMILES string of the molecule is CC(=O)CC(=O)Oc1nccc2ccccc12. The highest BCUT2D eigenvalue weighted by Gasteiger charge is 2.10. The number of hydrogen-bond donors (Lipinski definition) is 0. The Labute approximate surface area is 98.2 Å². The normalized spacial score (nSPS) is 10.2. The molecule has 0 N–H and O–H groups in total. The van der Waals surface area contributed by atoms with Crippen LogP contribution in [0.4, 0.5) is 0 Å². The van der Waals surface area contributed by atoms with Crippen molar-refractivity contribution in [3.63, 3.8) is 0 Å². The summed E-state index contributed by atoms with van der Waals surface area (Å²) in [5, 5.41) is 1.69. The van der Waals surface area contributed by atoms with Crippen molar-refractivity contribution in [1.82, 2.24) is 4.98 Å². The van der Waals surface area contributed by atoms with Crippen LogP contribution in [0.25, 0.3) is 10.8 Å². The first-order chi connectivity index (χ1) is 8.16. The highest BCUT2D eigenvalue weighted by Crippen LogP contribution is 2.22. The van der Waals surface area contributed by atoms with Crippen LogP contribution in [0.1, 0.15) is 13.3 Å². The number of fused-ring (bicyclic) bond motifs is 1. The van der Waals surface area contributed by atoms with Gasteiger partial charge < -0.3 is 4.74 Å². The molecule has 0 fully saturated rings. The molecular formula is C13H11NO3. The van der Waals surface area contributed by atoms with Crippen LogP contribution >= 0.6 is 0 Å². The van der Waals surface area contributed by atoms with E-state index in [-0.39, 0.29) is 18.1 Å². The predicted molar refractivity (Wildman–Crippen MR) is 62.7 cm³/mol. The Morgan fingerprint density at radius 1 is 1.24 bits per heavy atom. The number of nitrogens with zero attached hydrogens (tertiary/aromatic N) is 1. The van der Waals surface area contributed by atoms with E-state index in [1.807, 2.05) is 30.3 Å². The zero-order chi connectivity index (χ0) is 12.3. The minimum absolute atomic E-state index is 0.227. The van der Waals surface area contributed by atoms with Gasteiger partial charge in [-0.3, -0.25) is 9.59 Å². The number of benzene rings is 1. The number of ketones is 1. The average Bonchev–Trinajstić information content (AvgIpc) is 2.28. The van der Waals surface area contributed by atoms with Crippen molar-refractivity contribution >= 4 is 22.5 Å². The van der Waals surface area contributed by atoms with E-state index in [9.17, 15) is 9.59 Å². The molecule has 0 aliphatic rings. The molecular weight excluding hydrogens is 218 g/mol. The van der Waals surface area contributed by atoms with Crippen LogP contribution in [0.2, 0.25) is 0 Å². The van der Waals surface area contributed by atoms with Gasteiger partial charge in [-0.1, -0.05) is 18.2 Å². The van der Waals surface area contributed by atoms with Gasteiger partial charge in [-0.2, -0.15) is 0 Å². The molecule has 86 valence electrons. The first kappa shape index (κ1) is 11.3. The predicted octanol–water partition coefficient (Wildman–Crippen LogP) is 2.12. The Kier molecular flexibility index (Phi) is 3.14. The summed E-state index contributed by atoms with van der Waals surface area (Å²) in [7, 11) is 0. The monoisotopic (exact) mass is 229 g/mol. The largest absolute Gasteiger partial charge is 0.406 e. The second-order valence-corrected chi connectivity index (χ2v) is 3.69. The number of rotatable bonds is 3.